The van der Waals surface area contributed by atoms with Gasteiger partial charge in [-0.15, -0.1) is 0 Å². The van der Waals surface area contributed by atoms with Gasteiger partial charge < -0.3 is 10.2 Å². The molecule has 0 aliphatic heterocycles. The fourth-order valence-corrected chi connectivity index (χ4v) is 6.10. The number of aryl methyl sites for hydroxylation is 2. The number of benzene rings is 3. The van der Waals surface area contributed by atoms with E-state index in [1.807, 2.05) is 19.1 Å². The summed E-state index contributed by atoms with van der Waals surface area (Å²) in [5.74, 6) is -1.20. The number of nitrogens with zero attached hydrogens (tertiary/aromatic N) is 2. The maximum atomic E-state index is 14.0. The first-order valence-corrected chi connectivity index (χ1v) is 15.1. The van der Waals surface area contributed by atoms with Crippen LogP contribution in [0.25, 0.3) is 0 Å². The van der Waals surface area contributed by atoms with Gasteiger partial charge in [0.1, 0.15) is 12.6 Å². The van der Waals surface area contributed by atoms with Crippen LogP contribution in [0.1, 0.15) is 42.5 Å². The Morgan fingerprint density at radius 3 is 2.19 bits per heavy atom. The molecule has 0 heterocycles. The maximum Gasteiger partial charge on any atom is 0.417 e. The quantitative estimate of drug-likeness (QED) is 0.279. The molecule has 0 aliphatic rings. The predicted molar refractivity (Wildman–Crippen MR) is 157 cm³/mol. The lowest BCUT2D eigenvalue weighted by molar-refractivity contribution is -0.140. The molecule has 42 heavy (non-hydrogen) atoms. The zero-order valence-corrected chi connectivity index (χ0v) is 25.3. The van der Waals surface area contributed by atoms with Gasteiger partial charge in [-0.2, -0.15) is 13.2 Å². The molecule has 7 nitrogen and oxygen atoms in total. The second-order valence-corrected chi connectivity index (χ2v) is 12.1. The Balaban J connectivity index is 2.15. The highest BCUT2D eigenvalue weighted by Crippen LogP contribution is 2.38. The van der Waals surface area contributed by atoms with Crippen molar-refractivity contribution < 1.29 is 31.2 Å². The summed E-state index contributed by atoms with van der Waals surface area (Å²) < 4.78 is 69.7. The number of likely N-dealkylation sites (N-methyl/N-ethyl adjacent to an activating group) is 1. The Morgan fingerprint density at radius 2 is 1.62 bits per heavy atom. The SMILES string of the molecule is CCNC(=O)C(CC)N(Cc1cccc(C)c1)C(=O)CN(c1ccc(Cl)c(C(F)(F)F)c1)S(=O)(=O)c1ccc(C)cc1. The van der Waals surface area contributed by atoms with Crippen LogP contribution >= 0.6 is 11.6 Å². The third-order valence-corrected chi connectivity index (χ3v) is 8.72. The number of alkyl halides is 3. The fourth-order valence-electron chi connectivity index (χ4n) is 4.47. The largest absolute Gasteiger partial charge is 0.417 e. The molecule has 1 unspecified atom stereocenters. The van der Waals surface area contributed by atoms with E-state index in [0.29, 0.717) is 22.5 Å². The number of carbonyl (C=O) groups is 2. The lowest BCUT2D eigenvalue weighted by Crippen LogP contribution is -2.52. The number of hydrogen-bond acceptors (Lipinski definition) is 4. The van der Waals surface area contributed by atoms with Crippen molar-refractivity contribution in [2.75, 3.05) is 17.4 Å². The molecule has 2 amide bonds. The topological polar surface area (TPSA) is 86.8 Å². The molecule has 0 aliphatic carbocycles. The van der Waals surface area contributed by atoms with Crippen LogP contribution in [0.3, 0.4) is 0 Å². The molecular formula is C30H33ClF3N3O4S. The standard InChI is InChI=1S/C30H33ClF3N3O4S/c1-5-27(29(39)35-6-2)36(18-22-9-7-8-21(4)16-22)28(38)19-37(42(40,41)24-13-10-20(3)11-14-24)23-12-15-26(31)25(17-23)30(32,33)34/h7-17,27H,5-6,18-19H2,1-4H3,(H,35,39). The monoisotopic (exact) mass is 623 g/mol. The lowest BCUT2D eigenvalue weighted by atomic mass is 10.1. The number of carbonyl (C=O) groups excluding carboxylic acids is 2. The van der Waals surface area contributed by atoms with Crippen LogP contribution in [0.15, 0.2) is 71.6 Å². The summed E-state index contributed by atoms with van der Waals surface area (Å²) in [4.78, 5) is 28.0. The Labute approximate surface area is 249 Å². The first-order chi connectivity index (χ1) is 19.7. The normalized spacial score (nSPS) is 12.5. The van der Waals surface area contributed by atoms with E-state index in [1.165, 1.54) is 17.0 Å². The number of rotatable bonds is 11. The maximum absolute atomic E-state index is 14.0. The number of hydrogen-bond donors (Lipinski definition) is 1. The molecule has 1 atom stereocenters. The van der Waals surface area contributed by atoms with Crippen LogP contribution in [0.4, 0.5) is 18.9 Å². The van der Waals surface area contributed by atoms with Crippen LogP contribution < -0.4 is 9.62 Å². The average molecular weight is 624 g/mol. The average Bonchev–Trinajstić information content (AvgIpc) is 2.91. The third-order valence-electron chi connectivity index (χ3n) is 6.60. The number of amides is 2. The van der Waals surface area contributed by atoms with Gasteiger partial charge in [0.15, 0.2) is 0 Å². The fraction of sp³-hybridized carbons (Fsp3) is 0.333. The summed E-state index contributed by atoms with van der Waals surface area (Å²) in [5.41, 5.74) is 0.727. The molecule has 12 heteroatoms. The van der Waals surface area contributed by atoms with Crippen molar-refractivity contribution in [3.63, 3.8) is 0 Å². The van der Waals surface area contributed by atoms with Gasteiger partial charge in [0.05, 0.1) is 21.2 Å². The van der Waals surface area contributed by atoms with Crippen molar-refractivity contribution in [2.24, 2.45) is 0 Å². The van der Waals surface area contributed by atoms with Crippen molar-refractivity contribution >= 4 is 39.1 Å². The van der Waals surface area contributed by atoms with Crippen molar-refractivity contribution in [3.05, 3.63) is 94.0 Å². The summed E-state index contributed by atoms with van der Waals surface area (Å²) in [7, 11) is -4.54. The lowest BCUT2D eigenvalue weighted by Gasteiger charge is -2.33. The molecule has 226 valence electrons. The van der Waals surface area contributed by atoms with Gasteiger partial charge in [0.25, 0.3) is 10.0 Å². The Kier molecular flexibility index (Phi) is 10.7. The van der Waals surface area contributed by atoms with E-state index < -0.39 is 56.9 Å². The molecule has 0 radical (unpaired) electrons. The van der Waals surface area contributed by atoms with Crippen molar-refractivity contribution in [1.82, 2.24) is 10.2 Å². The van der Waals surface area contributed by atoms with Crippen LogP contribution in [-0.4, -0.2) is 44.3 Å². The van der Waals surface area contributed by atoms with E-state index in [9.17, 15) is 31.2 Å². The molecule has 0 bridgehead atoms. The van der Waals surface area contributed by atoms with Crippen molar-refractivity contribution in [2.45, 2.75) is 57.8 Å². The van der Waals surface area contributed by atoms with Crippen LogP contribution in [-0.2, 0) is 32.3 Å². The molecule has 0 fully saturated rings. The summed E-state index contributed by atoms with van der Waals surface area (Å²) in [6, 6.07) is 14.7. The molecule has 0 aromatic heterocycles. The summed E-state index contributed by atoms with van der Waals surface area (Å²) in [6.45, 7) is 6.48. The summed E-state index contributed by atoms with van der Waals surface area (Å²) in [6.07, 6.45) is -4.66. The van der Waals surface area contributed by atoms with E-state index in [2.05, 4.69) is 5.32 Å². The smallest absolute Gasteiger partial charge is 0.355 e. The number of nitrogens with one attached hydrogen (secondary N) is 1. The molecule has 3 aromatic carbocycles. The summed E-state index contributed by atoms with van der Waals surface area (Å²) >= 11 is 5.81. The molecule has 0 saturated carbocycles. The number of halogens is 4. The van der Waals surface area contributed by atoms with Gasteiger partial charge in [0, 0.05) is 13.1 Å². The van der Waals surface area contributed by atoms with E-state index in [1.54, 1.807) is 45.0 Å². The highest BCUT2D eigenvalue weighted by molar-refractivity contribution is 7.92. The minimum atomic E-state index is -4.88. The first-order valence-electron chi connectivity index (χ1n) is 13.3. The molecule has 0 spiro atoms. The van der Waals surface area contributed by atoms with Gasteiger partial charge in [-0.1, -0.05) is 66.0 Å². The van der Waals surface area contributed by atoms with Gasteiger partial charge in [-0.3, -0.25) is 13.9 Å². The van der Waals surface area contributed by atoms with E-state index in [4.69, 9.17) is 11.6 Å². The van der Waals surface area contributed by atoms with Gasteiger partial charge in [0.2, 0.25) is 11.8 Å². The molecule has 3 rings (SSSR count). The van der Waals surface area contributed by atoms with E-state index in [0.717, 1.165) is 23.3 Å². The Bertz CT molecular complexity index is 1530. The molecule has 3 aromatic rings. The van der Waals surface area contributed by atoms with Crippen LogP contribution in [0, 0.1) is 13.8 Å². The highest BCUT2D eigenvalue weighted by atomic mass is 35.5. The molecule has 0 saturated heterocycles. The van der Waals surface area contributed by atoms with Crippen molar-refractivity contribution in [1.29, 1.82) is 0 Å². The van der Waals surface area contributed by atoms with Gasteiger partial charge in [-0.25, -0.2) is 8.42 Å². The minimum Gasteiger partial charge on any atom is -0.355 e. The predicted octanol–water partition coefficient (Wildman–Crippen LogP) is 6.11. The molecular weight excluding hydrogens is 591 g/mol. The second kappa shape index (κ2) is 13.6. The van der Waals surface area contributed by atoms with Crippen LogP contribution in [0.5, 0.6) is 0 Å². The number of sulfonamides is 1. The summed E-state index contributed by atoms with van der Waals surface area (Å²) in [5, 5.41) is 2.08. The van der Waals surface area contributed by atoms with Gasteiger partial charge in [-0.05, 0) is 63.1 Å². The highest BCUT2D eigenvalue weighted by Gasteiger charge is 2.37. The first kappa shape index (κ1) is 32.9. The molecule has 1 N–H and O–H groups in total. The van der Waals surface area contributed by atoms with E-state index in [-0.39, 0.29) is 17.9 Å². The van der Waals surface area contributed by atoms with Gasteiger partial charge >= 0.3 is 6.18 Å². The zero-order chi connectivity index (χ0) is 31.2. The van der Waals surface area contributed by atoms with Crippen LogP contribution in [0.2, 0.25) is 5.02 Å². The van der Waals surface area contributed by atoms with E-state index >= 15 is 0 Å². The third kappa shape index (κ3) is 7.83. The Hall–Kier alpha value is -3.57. The zero-order valence-electron chi connectivity index (χ0n) is 23.7. The second-order valence-electron chi connectivity index (χ2n) is 9.82. The number of anilines is 1. The minimum absolute atomic E-state index is 0.0248. The van der Waals surface area contributed by atoms with Crippen molar-refractivity contribution in [3.8, 4) is 0 Å². The Morgan fingerprint density at radius 1 is 0.952 bits per heavy atom.